The summed E-state index contributed by atoms with van der Waals surface area (Å²) in [5.41, 5.74) is 2.63. The van der Waals surface area contributed by atoms with Gasteiger partial charge < -0.3 is 5.11 Å². The molecular formula is C11H10O2. The van der Waals surface area contributed by atoms with Crippen LogP contribution < -0.4 is 0 Å². The van der Waals surface area contributed by atoms with Crippen molar-refractivity contribution in [2.75, 3.05) is 0 Å². The number of carboxylic acids is 1. The van der Waals surface area contributed by atoms with E-state index in [4.69, 9.17) is 5.11 Å². The van der Waals surface area contributed by atoms with Crippen molar-refractivity contribution in [1.82, 2.24) is 0 Å². The first-order chi connectivity index (χ1) is 6.29. The molecule has 0 aliphatic heterocycles. The molecular weight excluding hydrogens is 164 g/mol. The van der Waals surface area contributed by atoms with E-state index in [9.17, 15) is 4.79 Å². The van der Waals surface area contributed by atoms with Gasteiger partial charge in [-0.2, -0.15) is 0 Å². The summed E-state index contributed by atoms with van der Waals surface area (Å²) < 4.78 is 0. The van der Waals surface area contributed by atoms with E-state index in [2.05, 4.69) is 12.1 Å². The van der Waals surface area contributed by atoms with Gasteiger partial charge in [0.2, 0.25) is 0 Å². The summed E-state index contributed by atoms with van der Waals surface area (Å²) in [7, 11) is 0. The Morgan fingerprint density at radius 1 is 1.38 bits per heavy atom. The monoisotopic (exact) mass is 174 g/mol. The largest absolute Gasteiger partial charge is 0.481 e. The molecule has 2 aliphatic rings. The minimum Gasteiger partial charge on any atom is -0.481 e. The lowest BCUT2D eigenvalue weighted by Crippen LogP contribution is -2.04. The summed E-state index contributed by atoms with van der Waals surface area (Å²) in [4.78, 5) is 10.8. The Labute approximate surface area is 76.2 Å². The Balaban J connectivity index is 1.99. The first kappa shape index (κ1) is 7.13. The highest BCUT2D eigenvalue weighted by atomic mass is 16.4. The number of benzene rings is 1. The molecule has 13 heavy (non-hydrogen) atoms. The van der Waals surface area contributed by atoms with Gasteiger partial charge in [-0.15, -0.1) is 0 Å². The van der Waals surface area contributed by atoms with Crippen molar-refractivity contribution in [3.63, 3.8) is 0 Å². The van der Waals surface area contributed by atoms with Gasteiger partial charge in [0.25, 0.3) is 0 Å². The van der Waals surface area contributed by atoms with Gasteiger partial charge in [-0.3, -0.25) is 4.79 Å². The molecule has 2 heteroatoms. The molecule has 1 saturated carbocycles. The van der Waals surface area contributed by atoms with Crippen LogP contribution in [0.2, 0.25) is 0 Å². The summed E-state index contributed by atoms with van der Waals surface area (Å²) in [6.45, 7) is 0. The number of carboxylic acid groups (broad SMARTS) is 1. The Kier molecular flexibility index (Phi) is 1.17. The van der Waals surface area contributed by atoms with Gasteiger partial charge >= 0.3 is 5.97 Å². The highest BCUT2D eigenvalue weighted by molar-refractivity contribution is 5.77. The van der Waals surface area contributed by atoms with Gasteiger partial charge in [0.15, 0.2) is 0 Å². The molecule has 0 aromatic heterocycles. The first-order valence-corrected chi connectivity index (χ1v) is 4.59. The molecule has 0 radical (unpaired) electrons. The molecule has 2 nitrogen and oxygen atoms in total. The van der Waals surface area contributed by atoms with Crippen LogP contribution in [0.15, 0.2) is 24.3 Å². The van der Waals surface area contributed by atoms with Crippen molar-refractivity contribution in [1.29, 1.82) is 0 Å². The lowest BCUT2D eigenvalue weighted by atomic mass is 10.0. The van der Waals surface area contributed by atoms with Crippen LogP contribution in [0.25, 0.3) is 0 Å². The summed E-state index contributed by atoms with van der Waals surface area (Å²) in [6, 6.07) is 8.21. The normalized spacial score (nSPS) is 33.7. The molecule has 1 aromatic rings. The number of carbonyl (C=O) groups is 1. The number of aliphatic carboxylic acids is 1. The SMILES string of the molecule is O=C(O)C1C2Cc3ccccc3C21. The van der Waals surface area contributed by atoms with Gasteiger partial charge in [-0.25, -0.2) is 0 Å². The predicted octanol–water partition coefficient (Wildman–Crippen LogP) is 1.66. The fourth-order valence-electron chi connectivity index (χ4n) is 2.69. The molecule has 2 aliphatic carbocycles. The Bertz CT molecular complexity index is 383. The molecule has 0 bridgehead atoms. The average molecular weight is 174 g/mol. The van der Waals surface area contributed by atoms with E-state index in [0.29, 0.717) is 11.8 Å². The van der Waals surface area contributed by atoms with Gasteiger partial charge in [0, 0.05) is 5.92 Å². The second-order valence-electron chi connectivity index (χ2n) is 3.96. The van der Waals surface area contributed by atoms with Crippen LogP contribution in [-0.2, 0) is 11.2 Å². The number of fused-ring (bicyclic) bond motifs is 3. The summed E-state index contributed by atoms with van der Waals surface area (Å²) >= 11 is 0. The smallest absolute Gasteiger partial charge is 0.307 e. The van der Waals surface area contributed by atoms with Crippen LogP contribution in [0, 0.1) is 11.8 Å². The van der Waals surface area contributed by atoms with Crippen molar-refractivity contribution >= 4 is 5.97 Å². The van der Waals surface area contributed by atoms with Crippen LogP contribution >= 0.6 is 0 Å². The molecule has 3 atom stereocenters. The van der Waals surface area contributed by atoms with Crippen molar-refractivity contribution in [2.24, 2.45) is 11.8 Å². The molecule has 0 amide bonds. The molecule has 3 unspecified atom stereocenters. The van der Waals surface area contributed by atoms with E-state index < -0.39 is 5.97 Å². The van der Waals surface area contributed by atoms with Gasteiger partial charge in [-0.1, -0.05) is 24.3 Å². The molecule has 1 N–H and O–H groups in total. The van der Waals surface area contributed by atoms with Crippen molar-refractivity contribution in [3.05, 3.63) is 35.4 Å². The van der Waals surface area contributed by atoms with E-state index in [1.165, 1.54) is 11.1 Å². The third-order valence-corrected chi connectivity index (χ3v) is 3.32. The zero-order valence-corrected chi connectivity index (χ0v) is 7.10. The van der Waals surface area contributed by atoms with E-state index in [1.807, 2.05) is 12.1 Å². The molecule has 1 fully saturated rings. The standard InChI is InChI=1S/C11H10O2/c12-11(13)10-8-5-6-3-1-2-4-7(6)9(8)10/h1-4,8-10H,5H2,(H,12,13). The van der Waals surface area contributed by atoms with Crippen LogP contribution in [0.4, 0.5) is 0 Å². The summed E-state index contributed by atoms with van der Waals surface area (Å²) in [5.74, 6) is 0.0167. The molecule has 3 rings (SSSR count). The number of rotatable bonds is 1. The highest BCUT2D eigenvalue weighted by Crippen LogP contribution is 2.61. The average Bonchev–Trinajstić information content (AvgIpc) is 2.71. The van der Waals surface area contributed by atoms with Crippen LogP contribution in [0.5, 0.6) is 0 Å². The minimum atomic E-state index is -0.621. The molecule has 1 aromatic carbocycles. The summed E-state index contributed by atoms with van der Waals surface area (Å²) in [5, 5.41) is 8.88. The fraction of sp³-hybridized carbons (Fsp3) is 0.364. The lowest BCUT2D eigenvalue weighted by molar-refractivity contribution is -0.139. The topological polar surface area (TPSA) is 37.3 Å². The van der Waals surface area contributed by atoms with Gasteiger partial charge in [-0.05, 0) is 23.5 Å². The second-order valence-corrected chi connectivity index (χ2v) is 3.96. The van der Waals surface area contributed by atoms with E-state index >= 15 is 0 Å². The zero-order chi connectivity index (χ0) is 9.00. The maximum atomic E-state index is 10.8. The van der Waals surface area contributed by atoms with Crippen LogP contribution in [0.1, 0.15) is 17.0 Å². The maximum Gasteiger partial charge on any atom is 0.307 e. The van der Waals surface area contributed by atoms with Crippen LogP contribution in [-0.4, -0.2) is 11.1 Å². The van der Waals surface area contributed by atoms with Crippen LogP contribution in [0.3, 0.4) is 0 Å². The molecule has 0 saturated heterocycles. The van der Waals surface area contributed by atoms with Crippen molar-refractivity contribution in [2.45, 2.75) is 12.3 Å². The second kappa shape index (κ2) is 2.13. The van der Waals surface area contributed by atoms with Crippen molar-refractivity contribution in [3.8, 4) is 0 Å². The van der Waals surface area contributed by atoms with E-state index in [-0.39, 0.29) is 5.92 Å². The van der Waals surface area contributed by atoms with Crippen molar-refractivity contribution < 1.29 is 9.90 Å². The van der Waals surface area contributed by atoms with E-state index in [1.54, 1.807) is 0 Å². The maximum absolute atomic E-state index is 10.8. The minimum absolute atomic E-state index is 0.0881. The quantitative estimate of drug-likeness (QED) is 0.703. The predicted molar refractivity (Wildman–Crippen MR) is 47.5 cm³/mol. The summed E-state index contributed by atoms with van der Waals surface area (Å²) in [6.07, 6.45) is 0.970. The van der Waals surface area contributed by atoms with E-state index in [0.717, 1.165) is 6.42 Å². The Morgan fingerprint density at radius 3 is 2.92 bits per heavy atom. The van der Waals surface area contributed by atoms with Gasteiger partial charge in [0.05, 0.1) is 5.92 Å². The lowest BCUT2D eigenvalue weighted by Gasteiger charge is -2.03. The van der Waals surface area contributed by atoms with Gasteiger partial charge in [0.1, 0.15) is 0 Å². The number of hydrogen-bond donors (Lipinski definition) is 1. The number of hydrogen-bond acceptors (Lipinski definition) is 1. The highest BCUT2D eigenvalue weighted by Gasteiger charge is 2.59. The zero-order valence-electron chi connectivity index (χ0n) is 7.10. The molecule has 66 valence electrons. The third kappa shape index (κ3) is 0.804. The fourth-order valence-corrected chi connectivity index (χ4v) is 2.69. The molecule has 0 heterocycles. The first-order valence-electron chi connectivity index (χ1n) is 4.59. The Hall–Kier alpha value is -1.31. The molecule has 0 spiro atoms. The third-order valence-electron chi connectivity index (χ3n) is 3.32. The Morgan fingerprint density at radius 2 is 2.15 bits per heavy atom.